The fourth-order valence-corrected chi connectivity index (χ4v) is 3.52. The van der Waals surface area contributed by atoms with Crippen LogP contribution in [0.15, 0.2) is 76.2 Å². The molecule has 2 aromatic carbocycles. The molecule has 1 aliphatic rings. The number of ether oxygens (including phenoxy) is 1. The van der Waals surface area contributed by atoms with E-state index in [9.17, 15) is 14.7 Å². The normalized spacial score (nSPS) is 20.4. The molecule has 0 radical (unpaired) electrons. The molecule has 3 rings (SSSR count). The van der Waals surface area contributed by atoms with E-state index in [0.29, 0.717) is 5.56 Å². The quantitative estimate of drug-likeness (QED) is 0.429. The van der Waals surface area contributed by atoms with Gasteiger partial charge in [-0.2, -0.15) is 0 Å². The van der Waals surface area contributed by atoms with Gasteiger partial charge in [-0.25, -0.2) is 9.59 Å². The van der Waals surface area contributed by atoms with Gasteiger partial charge >= 0.3 is 11.9 Å². The molecule has 1 aliphatic heterocycles. The summed E-state index contributed by atoms with van der Waals surface area (Å²) >= 11 is 3.37. The fourth-order valence-electron chi connectivity index (χ4n) is 3.25. The molecule has 0 aromatic heterocycles. The van der Waals surface area contributed by atoms with Crippen LogP contribution >= 0.6 is 15.9 Å². The molecule has 0 amide bonds. The summed E-state index contributed by atoms with van der Waals surface area (Å²) in [6.07, 6.45) is 1.87. The Labute approximate surface area is 165 Å². The number of carboxylic acids is 1. The van der Waals surface area contributed by atoms with Crippen LogP contribution in [0.3, 0.4) is 0 Å². The van der Waals surface area contributed by atoms with Crippen LogP contribution in [0.25, 0.3) is 0 Å². The Balaban J connectivity index is 2.12. The molecule has 1 fully saturated rings. The van der Waals surface area contributed by atoms with Gasteiger partial charge in [0.25, 0.3) is 0 Å². The lowest BCUT2D eigenvalue weighted by molar-refractivity contribution is -0.142. The van der Waals surface area contributed by atoms with Gasteiger partial charge in [-0.3, -0.25) is 4.99 Å². The number of halogens is 1. The Bertz CT molecular complexity index is 892. The van der Waals surface area contributed by atoms with Crippen LogP contribution in [0, 0.1) is 0 Å². The van der Waals surface area contributed by atoms with Crippen LogP contribution in [-0.4, -0.2) is 35.4 Å². The van der Waals surface area contributed by atoms with Crippen molar-refractivity contribution in [2.24, 2.45) is 4.99 Å². The number of nitrogens with zero attached hydrogens (tertiary/aromatic N) is 1. The third-order valence-electron chi connectivity index (χ3n) is 4.62. The molecule has 5 nitrogen and oxygen atoms in total. The molecule has 6 heteroatoms. The number of hydrogen-bond acceptors (Lipinski definition) is 4. The maximum absolute atomic E-state index is 12.7. The second-order valence-electron chi connectivity index (χ2n) is 6.29. The topological polar surface area (TPSA) is 76.0 Å². The second-order valence-corrected chi connectivity index (χ2v) is 7.21. The first-order valence-electron chi connectivity index (χ1n) is 8.39. The zero-order valence-electron chi connectivity index (χ0n) is 14.5. The van der Waals surface area contributed by atoms with E-state index >= 15 is 0 Å². The number of esters is 1. The molecule has 0 bridgehead atoms. The molecule has 0 saturated carbocycles. The van der Waals surface area contributed by atoms with Crippen molar-refractivity contribution in [1.29, 1.82) is 0 Å². The number of carbonyl (C=O) groups excluding carboxylic acids is 1. The molecule has 1 saturated heterocycles. The van der Waals surface area contributed by atoms with Crippen molar-refractivity contribution in [3.8, 4) is 0 Å². The molecule has 0 unspecified atom stereocenters. The molecule has 2 atom stereocenters. The van der Waals surface area contributed by atoms with E-state index in [2.05, 4.69) is 27.5 Å². The van der Waals surface area contributed by atoms with Gasteiger partial charge in [-0.05, 0) is 23.3 Å². The third-order valence-corrected chi connectivity index (χ3v) is 5.15. The molecule has 27 heavy (non-hydrogen) atoms. The maximum Gasteiger partial charge on any atom is 0.335 e. The van der Waals surface area contributed by atoms with Crippen LogP contribution < -0.4 is 0 Å². The molecular weight excluding hydrogens is 410 g/mol. The smallest absolute Gasteiger partial charge is 0.335 e. The van der Waals surface area contributed by atoms with Crippen molar-refractivity contribution in [1.82, 2.24) is 0 Å². The molecule has 1 N–H and O–H groups in total. The van der Waals surface area contributed by atoms with E-state index in [4.69, 9.17) is 4.74 Å². The van der Waals surface area contributed by atoms with Gasteiger partial charge < -0.3 is 9.84 Å². The van der Waals surface area contributed by atoms with E-state index in [1.54, 1.807) is 30.5 Å². The highest BCUT2D eigenvalue weighted by Crippen LogP contribution is 2.43. The van der Waals surface area contributed by atoms with Gasteiger partial charge in [0.1, 0.15) is 0 Å². The average Bonchev–Trinajstić information content (AvgIpc) is 3.04. The standard InChI is InChI=1S/C21H18BrNO4/c1-14(19(24)25)18(16-7-9-17(22)10-8-16)21(11-12-27-20(21)26)23-13-15-5-3-2-4-6-15/h2-10,13,18H,1,11-12H2,(H,24,25)/t18-,21-/m0/s1. The number of aliphatic imine (C=N–C) groups is 1. The van der Waals surface area contributed by atoms with Crippen LogP contribution in [-0.2, 0) is 14.3 Å². The summed E-state index contributed by atoms with van der Waals surface area (Å²) in [5.74, 6) is -2.54. The van der Waals surface area contributed by atoms with Crippen molar-refractivity contribution in [3.05, 3.63) is 82.3 Å². The Morgan fingerprint density at radius 2 is 1.89 bits per heavy atom. The number of hydrogen-bond donors (Lipinski definition) is 1. The molecular formula is C21H18BrNO4. The van der Waals surface area contributed by atoms with Crippen LogP contribution in [0.5, 0.6) is 0 Å². The third kappa shape index (κ3) is 3.85. The van der Waals surface area contributed by atoms with Crippen molar-refractivity contribution >= 4 is 34.1 Å². The summed E-state index contributed by atoms with van der Waals surface area (Å²) in [6, 6.07) is 16.5. The van der Waals surface area contributed by atoms with E-state index < -0.39 is 23.4 Å². The zero-order valence-corrected chi connectivity index (χ0v) is 16.1. The van der Waals surface area contributed by atoms with E-state index in [0.717, 1.165) is 10.0 Å². The van der Waals surface area contributed by atoms with Crippen molar-refractivity contribution in [3.63, 3.8) is 0 Å². The van der Waals surface area contributed by atoms with Gasteiger partial charge in [0.2, 0.25) is 0 Å². The minimum absolute atomic E-state index is 0.0959. The Hall–Kier alpha value is -2.73. The first-order chi connectivity index (χ1) is 12.9. The van der Waals surface area contributed by atoms with E-state index in [1.165, 1.54) is 0 Å². The molecule has 0 spiro atoms. The lowest BCUT2D eigenvalue weighted by Crippen LogP contribution is -2.41. The van der Waals surface area contributed by atoms with Gasteiger partial charge in [-0.15, -0.1) is 0 Å². The summed E-state index contributed by atoms with van der Waals surface area (Å²) < 4.78 is 6.07. The summed E-state index contributed by atoms with van der Waals surface area (Å²) in [6.45, 7) is 3.92. The number of rotatable bonds is 6. The van der Waals surface area contributed by atoms with Crippen LogP contribution in [0.1, 0.15) is 23.5 Å². The van der Waals surface area contributed by atoms with Crippen molar-refractivity contribution < 1.29 is 19.4 Å². The Kier molecular flexibility index (Phi) is 5.56. The summed E-state index contributed by atoms with van der Waals surface area (Å²) in [7, 11) is 0. The zero-order chi connectivity index (χ0) is 19.4. The van der Waals surface area contributed by atoms with Gasteiger partial charge in [0.15, 0.2) is 5.54 Å². The predicted molar refractivity (Wildman–Crippen MR) is 106 cm³/mol. The van der Waals surface area contributed by atoms with Gasteiger partial charge in [-0.1, -0.05) is 65.0 Å². The van der Waals surface area contributed by atoms with E-state index in [1.807, 2.05) is 30.3 Å². The van der Waals surface area contributed by atoms with Crippen molar-refractivity contribution in [2.75, 3.05) is 6.61 Å². The minimum atomic E-state index is -1.36. The van der Waals surface area contributed by atoms with Crippen LogP contribution in [0.4, 0.5) is 0 Å². The fraction of sp³-hybridized carbons (Fsp3) is 0.190. The highest BCUT2D eigenvalue weighted by molar-refractivity contribution is 9.10. The Morgan fingerprint density at radius 1 is 1.22 bits per heavy atom. The average molecular weight is 428 g/mol. The molecule has 138 valence electrons. The van der Waals surface area contributed by atoms with Crippen LogP contribution in [0.2, 0.25) is 0 Å². The maximum atomic E-state index is 12.7. The number of carbonyl (C=O) groups is 2. The number of aliphatic carboxylic acids is 1. The Morgan fingerprint density at radius 3 is 2.44 bits per heavy atom. The van der Waals surface area contributed by atoms with Crippen molar-refractivity contribution in [2.45, 2.75) is 17.9 Å². The minimum Gasteiger partial charge on any atom is -0.478 e. The molecule has 0 aliphatic carbocycles. The lowest BCUT2D eigenvalue weighted by atomic mass is 9.74. The monoisotopic (exact) mass is 427 g/mol. The lowest BCUT2D eigenvalue weighted by Gasteiger charge is -2.31. The number of carboxylic acid groups (broad SMARTS) is 1. The largest absolute Gasteiger partial charge is 0.478 e. The van der Waals surface area contributed by atoms with Gasteiger partial charge in [0, 0.05) is 22.7 Å². The second kappa shape index (κ2) is 7.88. The van der Waals surface area contributed by atoms with E-state index in [-0.39, 0.29) is 18.6 Å². The SMILES string of the molecule is C=C(C(=O)O)[C@@H](c1ccc(Br)cc1)[C@@]1(N=Cc2ccccc2)CCOC1=O. The summed E-state index contributed by atoms with van der Waals surface area (Å²) in [5, 5.41) is 9.60. The highest BCUT2D eigenvalue weighted by atomic mass is 79.9. The molecule has 2 aromatic rings. The van der Waals surface area contributed by atoms with Gasteiger partial charge in [0.05, 0.1) is 12.5 Å². The summed E-state index contributed by atoms with van der Waals surface area (Å²) in [4.78, 5) is 29.1. The highest BCUT2D eigenvalue weighted by Gasteiger charge is 2.53. The first-order valence-corrected chi connectivity index (χ1v) is 9.18. The summed E-state index contributed by atoms with van der Waals surface area (Å²) in [5.41, 5.74) is 0.00203. The number of cyclic esters (lactones) is 1. The predicted octanol–water partition coefficient (Wildman–Crippen LogP) is 3.98. The first kappa shape index (κ1) is 19.0. The number of benzene rings is 2. The molecule has 1 heterocycles.